The molecule has 0 N–H and O–H groups in total. The van der Waals surface area contributed by atoms with Crippen LogP contribution < -0.4 is 14.3 Å². The van der Waals surface area contributed by atoms with Crippen molar-refractivity contribution >= 4 is 27.5 Å². The van der Waals surface area contributed by atoms with E-state index in [0.717, 1.165) is 10.2 Å². The molecule has 2 aromatic heterocycles. The number of ether oxygens (including phenoxy) is 3. The summed E-state index contributed by atoms with van der Waals surface area (Å²) in [5.41, 5.74) is 0.879. The van der Waals surface area contributed by atoms with E-state index in [4.69, 9.17) is 18.7 Å². The number of aromatic nitrogens is 2. The lowest BCUT2D eigenvalue weighted by atomic mass is 10.3. The van der Waals surface area contributed by atoms with Crippen molar-refractivity contribution in [3.05, 3.63) is 35.0 Å². The second-order valence-corrected chi connectivity index (χ2v) is 6.01. The first-order valence-corrected chi connectivity index (χ1v) is 8.23. The van der Waals surface area contributed by atoms with Gasteiger partial charge in [-0.1, -0.05) is 16.5 Å². The first-order valence-electron chi connectivity index (χ1n) is 7.42. The average Bonchev–Trinajstić information content (AvgIpc) is 3.26. The molecule has 2 heterocycles. The summed E-state index contributed by atoms with van der Waals surface area (Å²) >= 11 is 1.37. The maximum atomic E-state index is 12.2. The van der Waals surface area contributed by atoms with Crippen molar-refractivity contribution in [2.75, 3.05) is 27.9 Å². The van der Waals surface area contributed by atoms with Gasteiger partial charge in [-0.25, -0.2) is 0 Å². The van der Waals surface area contributed by atoms with Gasteiger partial charge in [-0.05, 0) is 0 Å². The maximum Gasteiger partial charge on any atom is 0.318 e. The van der Waals surface area contributed by atoms with Crippen LogP contribution >= 0.6 is 11.3 Å². The number of hydrogen-bond acceptors (Lipinski definition) is 7. The minimum atomic E-state index is -0.492. The Morgan fingerprint density at radius 1 is 1.28 bits per heavy atom. The van der Waals surface area contributed by atoms with Gasteiger partial charge in [0.05, 0.1) is 37.2 Å². The molecule has 8 nitrogen and oxygen atoms in total. The summed E-state index contributed by atoms with van der Waals surface area (Å²) in [6.07, 6.45) is 1.41. The van der Waals surface area contributed by atoms with E-state index in [1.54, 1.807) is 21.3 Å². The molecule has 0 aliphatic heterocycles. The van der Waals surface area contributed by atoms with Gasteiger partial charge in [-0.3, -0.25) is 4.79 Å². The molecule has 0 unspecified atom stereocenters. The highest BCUT2D eigenvalue weighted by molar-refractivity contribution is 7.16. The monoisotopic (exact) mass is 363 g/mol. The van der Waals surface area contributed by atoms with E-state index in [9.17, 15) is 4.79 Å². The second kappa shape index (κ2) is 7.49. The van der Waals surface area contributed by atoms with E-state index < -0.39 is 5.91 Å². The fourth-order valence-corrected chi connectivity index (χ4v) is 3.41. The van der Waals surface area contributed by atoms with Crippen molar-refractivity contribution < 1.29 is 23.5 Å². The van der Waals surface area contributed by atoms with E-state index in [2.05, 4.69) is 10.1 Å². The Hall–Kier alpha value is -2.65. The third-order valence-electron chi connectivity index (χ3n) is 3.55. The summed E-state index contributed by atoms with van der Waals surface area (Å²) < 4.78 is 23.6. The van der Waals surface area contributed by atoms with Gasteiger partial charge in [0.25, 0.3) is 0 Å². The number of benzene rings is 1. The zero-order valence-electron chi connectivity index (χ0n) is 14.0. The average molecular weight is 363 g/mol. The number of fused-ring (bicyclic) bond motifs is 1. The number of hydrogen-bond donors (Lipinski definition) is 0. The van der Waals surface area contributed by atoms with E-state index in [0.29, 0.717) is 29.5 Å². The van der Waals surface area contributed by atoms with Crippen molar-refractivity contribution in [2.45, 2.75) is 6.54 Å². The Bertz CT molecular complexity index is 943. The largest absolute Gasteiger partial charge is 0.493 e. The Balaban J connectivity index is 2.17. The van der Waals surface area contributed by atoms with Gasteiger partial charge in [-0.2, -0.15) is 4.99 Å². The van der Waals surface area contributed by atoms with Crippen LogP contribution in [-0.4, -0.2) is 43.6 Å². The molecule has 3 rings (SSSR count). The van der Waals surface area contributed by atoms with Crippen LogP contribution in [0.15, 0.2) is 33.9 Å². The predicted molar refractivity (Wildman–Crippen MR) is 91.2 cm³/mol. The normalized spacial score (nSPS) is 11.9. The number of nitrogens with zero attached hydrogens (tertiary/aromatic N) is 3. The molecular weight excluding hydrogens is 346 g/mol. The lowest BCUT2D eigenvalue weighted by Crippen LogP contribution is -2.19. The van der Waals surface area contributed by atoms with E-state index >= 15 is 0 Å². The SMILES string of the molecule is COCCn1c(=NC(=O)c2ccno2)sc2cc(OC)c(OC)cc21. The molecule has 3 aromatic rings. The van der Waals surface area contributed by atoms with Crippen molar-refractivity contribution in [3.8, 4) is 11.5 Å². The molecule has 0 atom stereocenters. The summed E-state index contributed by atoms with van der Waals surface area (Å²) in [4.78, 5) is 16.9. The van der Waals surface area contributed by atoms with Crippen molar-refractivity contribution in [1.29, 1.82) is 0 Å². The quantitative estimate of drug-likeness (QED) is 0.666. The molecule has 1 aromatic carbocycles. The van der Waals surface area contributed by atoms with Gasteiger partial charge in [0.2, 0.25) is 5.76 Å². The van der Waals surface area contributed by atoms with E-state index in [1.165, 1.54) is 23.6 Å². The summed E-state index contributed by atoms with van der Waals surface area (Å²) in [5.74, 6) is 0.815. The van der Waals surface area contributed by atoms with Gasteiger partial charge >= 0.3 is 5.91 Å². The van der Waals surface area contributed by atoms with Crippen LogP contribution in [-0.2, 0) is 11.3 Å². The smallest absolute Gasteiger partial charge is 0.318 e. The number of rotatable bonds is 6. The molecular formula is C16H17N3O5S. The molecule has 1 amide bonds. The topological polar surface area (TPSA) is 88.1 Å². The first-order chi connectivity index (χ1) is 12.2. The van der Waals surface area contributed by atoms with Crippen LogP contribution in [0.25, 0.3) is 10.2 Å². The molecule has 0 aliphatic carbocycles. The summed E-state index contributed by atoms with van der Waals surface area (Å²) in [5, 5.41) is 3.53. The fourth-order valence-electron chi connectivity index (χ4n) is 2.35. The zero-order chi connectivity index (χ0) is 17.8. The van der Waals surface area contributed by atoms with Gasteiger partial charge in [0.15, 0.2) is 16.3 Å². The molecule has 0 radical (unpaired) electrons. The summed E-state index contributed by atoms with van der Waals surface area (Å²) in [6, 6.07) is 5.20. The number of carbonyl (C=O) groups excluding carboxylic acids is 1. The molecule has 0 saturated heterocycles. The van der Waals surface area contributed by atoms with E-state index in [1.807, 2.05) is 16.7 Å². The van der Waals surface area contributed by atoms with Crippen LogP contribution in [0.1, 0.15) is 10.6 Å². The molecule has 132 valence electrons. The molecule has 9 heteroatoms. The maximum absolute atomic E-state index is 12.2. The number of methoxy groups -OCH3 is 3. The molecule has 25 heavy (non-hydrogen) atoms. The third-order valence-corrected chi connectivity index (χ3v) is 4.59. The fraction of sp³-hybridized carbons (Fsp3) is 0.312. The molecule has 0 aliphatic rings. The molecule has 0 spiro atoms. The highest BCUT2D eigenvalue weighted by Gasteiger charge is 2.14. The molecule has 0 bridgehead atoms. The van der Waals surface area contributed by atoms with Crippen LogP contribution in [0, 0.1) is 0 Å². The van der Waals surface area contributed by atoms with Gasteiger partial charge < -0.3 is 23.3 Å². The molecule has 0 fully saturated rings. The van der Waals surface area contributed by atoms with Crippen molar-refractivity contribution in [3.63, 3.8) is 0 Å². The molecule has 0 saturated carbocycles. The van der Waals surface area contributed by atoms with Crippen LogP contribution in [0.4, 0.5) is 0 Å². The Morgan fingerprint density at radius 2 is 2.04 bits per heavy atom. The number of thiazole rings is 1. The van der Waals surface area contributed by atoms with Crippen molar-refractivity contribution in [1.82, 2.24) is 9.72 Å². The van der Waals surface area contributed by atoms with E-state index in [-0.39, 0.29) is 5.76 Å². The zero-order valence-corrected chi connectivity index (χ0v) is 14.8. The third kappa shape index (κ3) is 3.42. The Morgan fingerprint density at radius 3 is 2.68 bits per heavy atom. The minimum Gasteiger partial charge on any atom is -0.493 e. The lowest BCUT2D eigenvalue weighted by Gasteiger charge is -2.09. The predicted octanol–water partition coefficient (Wildman–Crippen LogP) is 2.10. The van der Waals surface area contributed by atoms with Gasteiger partial charge in [-0.15, -0.1) is 0 Å². The highest BCUT2D eigenvalue weighted by atomic mass is 32.1. The number of carbonyl (C=O) groups is 1. The lowest BCUT2D eigenvalue weighted by molar-refractivity contribution is 0.0962. The standard InChI is InChI=1S/C16H17N3O5S/c1-21-7-6-19-10-8-12(22-2)13(23-3)9-14(10)25-16(19)18-15(20)11-4-5-17-24-11/h4-5,8-9H,6-7H2,1-3H3. The number of amides is 1. The summed E-state index contributed by atoms with van der Waals surface area (Å²) in [7, 11) is 4.78. The highest BCUT2D eigenvalue weighted by Crippen LogP contribution is 2.33. The second-order valence-electron chi connectivity index (χ2n) is 5.00. The van der Waals surface area contributed by atoms with Gasteiger partial charge in [0.1, 0.15) is 0 Å². The van der Waals surface area contributed by atoms with Gasteiger partial charge in [0, 0.05) is 31.9 Å². The first kappa shape index (κ1) is 17.2. The van der Waals surface area contributed by atoms with Crippen LogP contribution in [0.3, 0.4) is 0 Å². The van der Waals surface area contributed by atoms with Crippen LogP contribution in [0.5, 0.6) is 11.5 Å². The Labute approximate surface area is 147 Å². The Kier molecular flexibility index (Phi) is 5.15. The minimum absolute atomic E-state index is 0.0888. The van der Waals surface area contributed by atoms with Crippen molar-refractivity contribution in [2.24, 2.45) is 4.99 Å². The summed E-state index contributed by atoms with van der Waals surface area (Å²) in [6.45, 7) is 1.01. The van der Waals surface area contributed by atoms with Crippen LogP contribution in [0.2, 0.25) is 0 Å².